The van der Waals surface area contributed by atoms with Gasteiger partial charge < -0.3 is 10.4 Å². The van der Waals surface area contributed by atoms with Crippen LogP contribution in [0.3, 0.4) is 0 Å². The lowest BCUT2D eigenvalue weighted by molar-refractivity contribution is 0.200. The molecule has 1 aromatic carbocycles. The van der Waals surface area contributed by atoms with E-state index in [0.717, 1.165) is 17.8 Å². The maximum absolute atomic E-state index is 9.63. The molecule has 0 spiro atoms. The second-order valence-electron chi connectivity index (χ2n) is 4.54. The zero-order valence-electron chi connectivity index (χ0n) is 10.5. The number of hydrogen-bond acceptors (Lipinski definition) is 2. The number of nitrogens with one attached hydrogen (secondary N) is 1. The zero-order valence-corrected chi connectivity index (χ0v) is 10.5. The molecule has 2 N–H and O–H groups in total. The number of rotatable bonds is 6. The highest BCUT2D eigenvalue weighted by Crippen LogP contribution is 2.22. The summed E-state index contributed by atoms with van der Waals surface area (Å²) in [6.07, 6.45) is 2.05. The van der Waals surface area contributed by atoms with Gasteiger partial charge in [0.25, 0.3) is 0 Å². The fourth-order valence-electron chi connectivity index (χ4n) is 1.90. The van der Waals surface area contributed by atoms with Gasteiger partial charge >= 0.3 is 0 Å². The Morgan fingerprint density at radius 2 is 1.94 bits per heavy atom. The molecule has 1 rings (SSSR count). The molecule has 16 heavy (non-hydrogen) atoms. The molecule has 0 fully saturated rings. The Labute approximate surface area is 98.7 Å². The molecule has 2 nitrogen and oxygen atoms in total. The van der Waals surface area contributed by atoms with E-state index in [0.29, 0.717) is 5.92 Å². The van der Waals surface area contributed by atoms with Crippen molar-refractivity contribution in [2.45, 2.75) is 39.7 Å². The topological polar surface area (TPSA) is 32.3 Å². The Hall–Kier alpha value is -1.02. The molecule has 0 radical (unpaired) electrons. The van der Waals surface area contributed by atoms with Crippen molar-refractivity contribution >= 4 is 5.69 Å². The summed E-state index contributed by atoms with van der Waals surface area (Å²) in [5.41, 5.74) is 2.03. The second kappa shape index (κ2) is 6.54. The average Bonchev–Trinajstić information content (AvgIpc) is 2.27. The van der Waals surface area contributed by atoms with Gasteiger partial charge in [0.1, 0.15) is 0 Å². The molecule has 0 aliphatic carbocycles. The highest BCUT2D eigenvalue weighted by molar-refractivity contribution is 5.51. The minimum absolute atomic E-state index is 0.412. The van der Waals surface area contributed by atoms with Gasteiger partial charge in [-0.05, 0) is 25.3 Å². The molecule has 0 bridgehead atoms. The van der Waals surface area contributed by atoms with Crippen LogP contribution in [0.4, 0.5) is 5.69 Å². The lowest BCUT2D eigenvalue weighted by atomic mass is 10.0. The van der Waals surface area contributed by atoms with Gasteiger partial charge in [-0.3, -0.25) is 0 Å². The van der Waals surface area contributed by atoms with Gasteiger partial charge in [0, 0.05) is 17.8 Å². The van der Waals surface area contributed by atoms with E-state index in [-0.39, 0.29) is 0 Å². The molecule has 1 aromatic rings. The van der Waals surface area contributed by atoms with E-state index in [9.17, 15) is 5.11 Å². The molecule has 0 aliphatic heterocycles. The molecule has 0 aliphatic rings. The predicted octanol–water partition coefficient (Wildman–Crippen LogP) is 3.59. The Kier molecular flexibility index (Phi) is 5.33. The van der Waals surface area contributed by atoms with Crippen molar-refractivity contribution in [2.75, 3.05) is 11.9 Å². The summed E-state index contributed by atoms with van der Waals surface area (Å²) in [4.78, 5) is 0. The zero-order chi connectivity index (χ0) is 12.0. The SMILES string of the molecule is CCCC(C)CNc1ccccc1C(C)O. The number of hydrogen-bond donors (Lipinski definition) is 2. The summed E-state index contributed by atoms with van der Waals surface area (Å²) >= 11 is 0. The Morgan fingerprint density at radius 1 is 1.25 bits per heavy atom. The maximum atomic E-state index is 9.63. The van der Waals surface area contributed by atoms with Crippen LogP contribution in [-0.4, -0.2) is 11.7 Å². The van der Waals surface area contributed by atoms with Crippen LogP contribution >= 0.6 is 0 Å². The highest BCUT2D eigenvalue weighted by atomic mass is 16.3. The highest BCUT2D eigenvalue weighted by Gasteiger charge is 2.07. The average molecular weight is 221 g/mol. The predicted molar refractivity (Wildman–Crippen MR) is 69.6 cm³/mol. The van der Waals surface area contributed by atoms with E-state index >= 15 is 0 Å². The van der Waals surface area contributed by atoms with Gasteiger partial charge in [-0.25, -0.2) is 0 Å². The van der Waals surface area contributed by atoms with E-state index in [2.05, 4.69) is 19.2 Å². The van der Waals surface area contributed by atoms with Crippen LogP contribution in [0.2, 0.25) is 0 Å². The van der Waals surface area contributed by atoms with Crippen molar-refractivity contribution in [3.63, 3.8) is 0 Å². The molecule has 2 unspecified atom stereocenters. The molecule has 0 aromatic heterocycles. The molecule has 0 amide bonds. The fraction of sp³-hybridized carbons (Fsp3) is 0.571. The molecule has 2 atom stereocenters. The summed E-state index contributed by atoms with van der Waals surface area (Å²) in [7, 11) is 0. The van der Waals surface area contributed by atoms with Gasteiger partial charge in [-0.15, -0.1) is 0 Å². The first-order chi connectivity index (χ1) is 7.65. The fourth-order valence-corrected chi connectivity index (χ4v) is 1.90. The summed E-state index contributed by atoms with van der Waals surface area (Å²) in [6.45, 7) is 7.23. The largest absolute Gasteiger partial charge is 0.389 e. The van der Waals surface area contributed by atoms with Crippen molar-refractivity contribution < 1.29 is 5.11 Å². The van der Waals surface area contributed by atoms with Crippen molar-refractivity contribution in [1.29, 1.82) is 0 Å². The van der Waals surface area contributed by atoms with Crippen molar-refractivity contribution in [3.05, 3.63) is 29.8 Å². The number of anilines is 1. The van der Waals surface area contributed by atoms with E-state index in [1.54, 1.807) is 6.92 Å². The van der Waals surface area contributed by atoms with E-state index in [4.69, 9.17) is 0 Å². The van der Waals surface area contributed by atoms with Gasteiger partial charge in [0.05, 0.1) is 6.10 Å². The van der Waals surface area contributed by atoms with Crippen molar-refractivity contribution in [3.8, 4) is 0 Å². The standard InChI is InChI=1S/C14H23NO/c1-4-7-11(2)10-15-14-9-6-5-8-13(14)12(3)16/h5-6,8-9,11-12,15-16H,4,7,10H2,1-3H3. The number of para-hydroxylation sites is 1. The van der Waals surface area contributed by atoms with Crippen LogP contribution < -0.4 is 5.32 Å². The monoisotopic (exact) mass is 221 g/mol. The number of aliphatic hydroxyl groups excluding tert-OH is 1. The van der Waals surface area contributed by atoms with Crippen LogP contribution in [-0.2, 0) is 0 Å². The number of benzene rings is 1. The lowest BCUT2D eigenvalue weighted by Gasteiger charge is -2.16. The molecule has 90 valence electrons. The van der Waals surface area contributed by atoms with Crippen molar-refractivity contribution in [2.24, 2.45) is 5.92 Å². The van der Waals surface area contributed by atoms with Gasteiger partial charge in [-0.1, -0.05) is 38.5 Å². The first-order valence-electron chi connectivity index (χ1n) is 6.16. The Balaban J connectivity index is 2.59. The van der Waals surface area contributed by atoms with Gasteiger partial charge in [-0.2, -0.15) is 0 Å². The van der Waals surface area contributed by atoms with E-state index < -0.39 is 6.10 Å². The quantitative estimate of drug-likeness (QED) is 0.769. The molecular formula is C14H23NO. The summed E-state index contributed by atoms with van der Waals surface area (Å²) in [5, 5.41) is 13.1. The molecule has 0 saturated carbocycles. The first-order valence-corrected chi connectivity index (χ1v) is 6.16. The third kappa shape index (κ3) is 3.86. The first kappa shape index (κ1) is 13.0. The van der Waals surface area contributed by atoms with Gasteiger partial charge in [0.15, 0.2) is 0 Å². The Morgan fingerprint density at radius 3 is 2.56 bits per heavy atom. The number of aliphatic hydroxyl groups is 1. The molecule has 0 saturated heterocycles. The Bertz CT molecular complexity index is 309. The lowest BCUT2D eigenvalue weighted by Crippen LogP contribution is -2.12. The van der Waals surface area contributed by atoms with Crippen LogP contribution in [0.15, 0.2) is 24.3 Å². The van der Waals surface area contributed by atoms with E-state index in [1.807, 2.05) is 24.3 Å². The summed E-state index contributed by atoms with van der Waals surface area (Å²) < 4.78 is 0. The summed E-state index contributed by atoms with van der Waals surface area (Å²) in [5.74, 6) is 0.673. The minimum Gasteiger partial charge on any atom is -0.389 e. The molecule has 0 heterocycles. The van der Waals surface area contributed by atoms with Crippen LogP contribution in [0, 0.1) is 5.92 Å². The van der Waals surface area contributed by atoms with Crippen molar-refractivity contribution in [1.82, 2.24) is 0 Å². The van der Waals surface area contributed by atoms with Crippen LogP contribution in [0.1, 0.15) is 45.3 Å². The van der Waals surface area contributed by atoms with Gasteiger partial charge in [0.2, 0.25) is 0 Å². The van der Waals surface area contributed by atoms with Crippen LogP contribution in [0.5, 0.6) is 0 Å². The molecular weight excluding hydrogens is 198 g/mol. The second-order valence-corrected chi connectivity index (χ2v) is 4.54. The smallest absolute Gasteiger partial charge is 0.0781 e. The third-order valence-electron chi connectivity index (χ3n) is 2.83. The minimum atomic E-state index is -0.412. The van der Waals surface area contributed by atoms with E-state index in [1.165, 1.54) is 12.8 Å². The normalized spacial score (nSPS) is 14.5. The summed E-state index contributed by atoms with van der Waals surface area (Å²) in [6, 6.07) is 7.96. The molecule has 2 heteroatoms. The van der Waals surface area contributed by atoms with Crippen LogP contribution in [0.25, 0.3) is 0 Å². The third-order valence-corrected chi connectivity index (χ3v) is 2.83. The maximum Gasteiger partial charge on any atom is 0.0781 e.